The summed E-state index contributed by atoms with van der Waals surface area (Å²) < 4.78 is 11.8. The van der Waals surface area contributed by atoms with Crippen LogP contribution in [0.3, 0.4) is 0 Å². The molecule has 3 aromatic rings. The Labute approximate surface area is 242 Å². The molecular weight excluding hydrogens is 556 g/mol. The Kier molecular flexibility index (Phi) is 15.7. The first-order valence-corrected chi connectivity index (χ1v) is 14.3. The second-order valence-corrected chi connectivity index (χ2v) is 9.80. The second kappa shape index (κ2) is 19.0. The number of hydrogen-bond acceptors (Lipinski definition) is 7. The van der Waals surface area contributed by atoms with Crippen LogP contribution in [0.4, 0.5) is 11.6 Å². The number of nitrogens with one attached hydrogen (secondary N) is 1. The van der Waals surface area contributed by atoms with Crippen molar-refractivity contribution in [2.45, 2.75) is 52.6 Å². The molecule has 8 heteroatoms. The van der Waals surface area contributed by atoms with Gasteiger partial charge in [-0.3, -0.25) is 0 Å². The Hall–Kier alpha value is -3.12. The van der Waals surface area contributed by atoms with Crippen LogP contribution >= 0.6 is 15.9 Å². The van der Waals surface area contributed by atoms with Crippen LogP contribution in [0.5, 0.6) is 11.6 Å². The predicted molar refractivity (Wildman–Crippen MR) is 163 cm³/mol. The topological polar surface area (TPSA) is 79.7 Å². The predicted octanol–water partition coefficient (Wildman–Crippen LogP) is 6.50. The molecule has 0 spiro atoms. The van der Waals surface area contributed by atoms with E-state index in [-0.39, 0.29) is 13.2 Å². The average Bonchev–Trinajstić information content (AvgIpc) is 2.96. The van der Waals surface area contributed by atoms with Crippen LogP contribution in [0.15, 0.2) is 65.3 Å². The zero-order valence-corrected chi connectivity index (χ0v) is 24.9. The number of aliphatic hydroxyl groups excluding tert-OH is 1. The summed E-state index contributed by atoms with van der Waals surface area (Å²) in [5, 5.41) is 13.5. The summed E-state index contributed by atoms with van der Waals surface area (Å²) in [6, 6.07) is 17.9. The number of benzene rings is 2. The monoisotopic (exact) mass is 596 g/mol. The largest absolute Gasteiger partial charge is 0.491 e. The molecule has 1 unspecified atom stereocenters. The minimum absolute atomic E-state index is 0.127. The summed E-state index contributed by atoms with van der Waals surface area (Å²) in [5.74, 6) is 3.86. The molecule has 1 atom stereocenters. The number of ether oxygens (including phenoxy) is 2. The minimum atomic E-state index is -0.529. The van der Waals surface area contributed by atoms with E-state index in [1.165, 1.54) is 5.56 Å². The fourth-order valence-electron chi connectivity index (χ4n) is 3.64. The molecule has 0 saturated carbocycles. The molecule has 0 bridgehead atoms. The maximum atomic E-state index is 10.3. The van der Waals surface area contributed by atoms with Crippen molar-refractivity contribution in [3.63, 3.8) is 0 Å². The van der Waals surface area contributed by atoms with Gasteiger partial charge in [0.25, 0.3) is 0 Å². The van der Waals surface area contributed by atoms with Crippen molar-refractivity contribution in [3.8, 4) is 24.0 Å². The number of unbranched alkanes of at least 4 members (excludes halogenated alkanes) is 1. The number of aryl methyl sites for hydroxylation is 1. The van der Waals surface area contributed by atoms with Gasteiger partial charge in [0, 0.05) is 12.2 Å². The van der Waals surface area contributed by atoms with E-state index in [0.29, 0.717) is 28.6 Å². The maximum absolute atomic E-state index is 10.3. The number of terminal acetylenes is 1. The van der Waals surface area contributed by atoms with E-state index in [2.05, 4.69) is 87.1 Å². The molecule has 1 heterocycles. The Morgan fingerprint density at radius 2 is 1.77 bits per heavy atom. The Bertz CT molecular complexity index is 1110. The SMILES string of the molecule is C#CCOc1nc(Nc2ccc(OCC(O)CN(CCC)CCCC)cc2)ncc1Br.CCc1ccccc1. The van der Waals surface area contributed by atoms with Gasteiger partial charge >= 0.3 is 0 Å². The zero-order valence-electron chi connectivity index (χ0n) is 23.3. The summed E-state index contributed by atoms with van der Waals surface area (Å²) in [7, 11) is 0. The first-order valence-electron chi connectivity index (χ1n) is 13.5. The lowest BCUT2D eigenvalue weighted by atomic mass is 10.2. The average molecular weight is 598 g/mol. The van der Waals surface area contributed by atoms with Gasteiger partial charge in [0.05, 0.1) is 10.7 Å². The van der Waals surface area contributed by atoms with Crippen molar-refractivity contribution in [2.75, 3.05) is 38.2 Å². The van der Waals surface area contributed by atoms with E-state index < -0.39 is 6.10 Å². The molecular formula is C31H41BrN4O3. The summed E-state index contributed by atoms with van der Waals surface area (Å²) in [5.41, 5.74) is 2.21. The molecule has 0 aliphatic carbocycles. The lowest BCUT2D eigenvalue weighted by Gasteiger charge is -2.24. The van der Waals surface area contributed by atoms with Crippen molar-refractivity contribution < 1.29 is 14.6 Å². The van der Waals surface area contributed by atoms with Gasteiger partial charge in [0.15, 0.2) is 6.61 Å². The third-order valence-corrected chi connectivity index (χ3v) is 6.19. The molecule has 210 valence electrons. The molecule has 0 aliphatic heterocycles. The van der Waals surface area contributed by atoms with E-state index in [1.54, 1.807) is 6.20 Å². The van der Waals surface area contributed by atoms with Crippen LogP contribution in [0.2, 0.25) is 0 Å². The molecule has 0 amide bonds. The molecule has 7 nitrogen and oxygen atoms in total. The quantitative estimate of drug-likeness (QED) is 0.194. The number of aromatic nitrogens is 2. The van der Waals surface area contributed by atoms with E-state index in [9.17, 15) is 5.11 Å². The van der Waals surface area contributed by atoms with Gasteiger partial charge in [0.1, 0.15) is 18.5 Å². The van der Waals surface area contributed by atoms with Crippen molar-refractivity contribution in [1.29, 1.82) is 0 Å². The smallest absolute Gasteiger partial charge is 0.233 e. The van der Waals surface area contributed by atoms with Crippen molar-refractivity contribution >= 4 is 27.6 Å². The van der Waals surface area contributed by atoms with Crippen LogP contribution in [0.25, 0.3) is 0 Å². The zero-order chi connectivity index (χ0) is 28.3. The number of anilines is 2. The Balaban J connectivity index is 0.000000568. The fourth-order valence-corrected chi connectivity index (χ4v) is 3.94. The third kappa shape index (κ3) is 13.0. The Morgan fingerprint density at radius 3 is 2.38 bits per heavy atom. The number of halogens is 1. The van der Waals surface area contributed by atoms with Crippen LogP contribution in [0, 0.1) is 12.3 Å². The van der Waals surface area contributed by atoms with Gasteiger partial charge in [-0.1, -0.05) is 63.4 Å². The highest BCUT2D eigenvalue weighted by molar-refractivity contribution is 9.10. The van der Waals surface area contributed by atoms with Gasteiger partial charge < -0.3 is 24.8 Å². The molecule has 0 saturated heterocycles. The van der Waals surface area contributed by atoms with Gasteiger partial charge in [-0.05, 0) is 78.1 Å². The molecule has 3 rings (SSSR count). The first kappa shape index (κ1) is 32.1. The summed E-state index contributed by atoms with van der Waals surface area (Å²) in [4.78, 5) is 10.8. The Morgan fingerprint density at radius 1 is 1.03 bits per heavy atom. The van der Waals surface area contributed by atoms with Crippen molar-refractivity contribution in [3.05, 3.63) is 70.8 Å². The summed E-state index contributed by atoms with van der Waals surface area (Å²) >= 11 is 3.33. The van der Waals surface area contributed by atoms with E-state index in [4.69, 9.17) is 15.9 Å². The van der Waals surface area contributed by atoms with Crippen molar-refractivity contribution in [2.24, 2.45) is 0 Å². The van der Waals surface area contributed by atoms with E-state index >= 15 is 0 Å². The van der Waals surface area contributed by atoms with Gasteiger partial charge in [-0.15, -0.1) is 6.42 Å². The number of nitrogens with zero attached hydrogens (tertiary/aromatic N) is 3. The van der Waals surface area contributed by atoms with Crippen LogP contribution in [-0.4, -0.2) is 58.9 Å². The van der Waals surface area contributed by atoms with Crippen LogP contribution in [0.1, 0.15) is 45.6 Å². The normalized spacial score (nSPS) is 11.2. The molecule has 39 heavy (non-hydrogen) atoms. The highest BCUT2D eigenvalue weighted by atomic mass is 79.9. The van der Waals surface area contributed by atoms with Crippen LogP contribution < -0.4 is 14.8 Å². The minimum Gasteiger partial charge on any atom is -0.491 e. The molecule has 0 aliphatic rings. The van der Waals surface area contributed by atoms with Gasteiger partial charge in [-0.25, -0.2) is 4.98 Å². The second-order valence-electron chi connectivity index (χ2n) is 8.95. The molecule has 0 fully saturated rings. The first-order chi connectivity index (χ1) is 19.0. The standard InChI is InChI=1S/C23H31BrN4O3.C8H10/c1-4-7-13-28(12-5-2)16-19(29)17-31-20-10-8-18(9-11-20)26-23-25-15-21(24)22(27-23)30-14-6-3;1-2-8-6-4-3-5-7-8/h3,8-11,15,19,29H,4-5,7,12-14,16-17H2,1-2H3,(H,25,26,27);3-7H,2H2,1H3. The number of hydrogen-bond donors (Lipinski definition) is 2. The van der Waals surface area contributed by atoms with Crippen LogP contribution in [-0.2, 0) is 6.42 Å². The lowest BCUT2D eigenvalue weighted by Crippen LogP contribution is -2.36. The summed E-state index contributed by atoms with van der Waals surface area (Å²) in [6.45, 7) is 9.50. The maximum Gasteiger partial charge on any atom is 0.233 e. The van der Waals surface area contributed by atoms with Gasteiger partial charge in [0.2, 0.25) is 11.8 Å². The number of aliphatic hydroxyl groups is 1. The third-order valence-electron chi connectivity index (χ3n) is 5.64. The highest BCUT2D eigenvalue weighted by Gasteiger charge is 2.12. The van der Waals surface area contributed by atoms with E-state index in [0.717, 1.165) is 44.5 Å². The molecule has 2 N–H and O–H groups in total. The van der Waals surface area contributed by atoms with Gasteiger partial charge in [-0.2, -0.15) is 4.98 Å². The highest BCUT2D eigenvalue weighted by Crippen LogP contribution is 2.24. The molecule has 0 radical (unpaired) electrons. The number of rotatable bonds is 15. The van der Waals surface area contributed by atoms with Crippen molar-refractivity contribution in [1.82, 2.24) is 14.9 Å². The molecule has 1 aromatic heterocycles. The molecule has 2 aromatic carbocycles. The van der Waals surface area contributed by atoms with E-state index in [1.807, 2.05) is 30.3 Å². The lowest BCUT2D eigenvalue weighted by molar-refractivity contribution is 0.0676. The fraction of sp³-hybridized carbons (Fsp3) is 0.419. The summed E-state index contributed by atoms with van der Waals surface area (Å²) in [6.07, 6.45) is 10.8.